The van der Waals surface area contributed by atoms with Gasteiger partial charge in [0.25, 0.3) is 0 Å². The maximum atomic E-state index is 13.5. The Labute approximate surface area is 186 Å². The molecule has 0 saturated carbocycles. The number of nitrogens with zero attached hydrogens (tertiary/aromatic N) is 2. The lowest BCUT2D eigenvalue weighted by Crippen LogP contribution is -2.50. The fourth-order valence-electron chi connectivity index (χ4n) is 4.46. The van der Waals surface area contributed by atoms with Gasteiger partial charge in [-0.3, -0.25) is 14.5 Å². The second-order valence-corrected chi connectivity index (χ2v) is 8.60. The van der Waals surface area contributed by atoms with Crippen molar-refractivity contribution in [3.05, 3.63) is 77.9 Å². The van der Waals surface area contributed by atoms with Crippen LogP contribution in [-0.2, 0) is 16.1 Å². The molecule has 0 aliphatic carbocycles. The van der Waals surface area contributed by atoms with Gasteiger partial charge in [0.05, 0.1) is 12.0 Å². The van der Waals surface area contributed by atoms with Crippen molar-refractivity contribution in [1.82, 2.24) is 9.80 Å². The Morgan fingerprint density at radius 2 is 1.56 bits per heavy atom. The van der Waals surface area contributed by atoms with Crippen molar-refractivity contribution in [1.29, 1.82) is 0 Å². The Hall–Kier alpha value is -3.06. The predicted molar refractivity (Wildman–Crippen MR) is 119 cm³/mol. The van der Waals surface area contributed by atoms with E-state index in [1.165, 1.54) is 36.4 Å². The Morgan fingerprint density at radius 1 is 0.938 bits per heavy atom. The van der Waals surface area contributed by atoms with Gasteiger partial charge in [0, 0.05) is 18.8 Å². The summed E-state index contributed by atoms with van der Waals surface area (Å²) in [5, 5.41) is 2.78. The van der Waals surface area contributed by atoms with Crippen LogP contribution in [0.5, 0.6) is 0 Å². The smallest absolute Gasteiger partial charge is 0.238 e. The molecule has 2 aliphatic heterocycles. The highest BCUT2D eigenvalue weighted by Gasteiger charge is 2.43. The molecule has 1 spiro atoms. The van der Waals surface area contributed by atoms with Gasteiger partial charge in [0.1, 0.15) is 11.6 Å². The molecular weight excluding hydrogens is 412 g/mol. The highest BCUT2D eigenvalue weighted by Crippen LogP contribution is 2.39. The van der Waals surface area contributed by atoms with E-state index in [2.05, 4.69) is 16.3 Å². The molecule has 2 heterocycles. The van der Waals surface area contributed by atoms with E-state index in [0.717, 1.165) is 5.56 Å². The van der Waals surface area contributed by atoms with Crippen molar-refractivity contribution in [2.75, 3.05) is 31.5 Å². The number of hydrogen-bond donors (Lipinski definition) is 1. The van der Waals surface area contributed by atoms with E-state index in [0.29, 0.717) is 51.1 Å². The number of likely N-dealkylation sites (tertiary alicyclic amines) is 1. The molecule has 1 fully saturated rings. The molecule has 0 aromatic heterocycles. The number of piperidine rings is 1. The molecule has 4 rings (SSSR count). The van der Waals surface area contributed by atoms with Crippen LogP contribution in [0, 0.1) is 17.0 Å². The van der Waals surface area contributed by atoms with Crippen molar-refractivity contribution in [3.8, 4) is 0 Å². The number of nitrogens with one attached hydrogen (secondary N) is 1. The summed E-state index contributed by atoms with van der Waals surface area (Å²) in [7, 11) is 0. The van der Waals surface area contributed by atoms with E-state index < -0.39 is 5.41 Å². The average molecular weight is 440 g/mol. The number of allylic oxidation sites excluding steroid dienone is 1. The van der Waals surface area contributed by atoms with Crippen LogP contribution in [0.1, 0.15) is 24.8 Å². The number of anilines is 1. The Bertz CT molecular complexity index is 981. The zero-order valence-corrected chi connectivity index (χ0v) is 17.9. The molecule has 1 saturated heterocycles. The monoisotopic (exact) mass is 439 g/mol. The van der Waals surface area contributed by atoms with Crippen LogP contribution >= 0.6 is 0 Å². The minimum atomic E-state index is -0.461. The molecule has 32 heavy (non-hydrogen) atoms. The second kappa shape index (κ2) is 9.61. The first-order chi connectivity index (χ1) is 15.4. The maximum absolute atomic E-state index is 13.5. The highest BCUT2D eigenvalue weighted by molar-refractivity contribution is 5.92. The van der Waals surface area contributed by atoms with E-state index in [4.69, 9.17) is 0 Å². The van der Waals surface area contributed by atoms with Crippen molar-refractivity contribution in [3.63, 3.8) is 0 Å². The summed E-state index contributed by atoms with van der Waals surface area (Å²) in [4.78, 5) is 29.7. The minimum Gasteiger partial charge on any atom is -0.334 e. The lowest BCUT2D eigenvalue weighted by Gasteiger charge is -2.41. The van der Waals surface area contributed by atoms with Gasteiger partial charge in [-0.1, -0.05) is 24.3 Å². The van der Waals surface area contributed by atoms with Gasteiger partial charge in [-0.2, -0.15) is 0 Å². The number of carbonyl (C=O) groups is 2. The standard InChI is InChI=1S/C25H27F2N3O2/c26-20-5-3-19(4-6-20)17-30-14-2-1-11-25(24(30)32)12-15-29(16-13-25)18-23(31)28-22-9-7-21(27)8-10-22/h1-10H,11-18H2,(H,28,31). The van der Waals surface area contributed by atoms with Crippen LogP contribution in [-0.4, -0.2) is 47.8 Å². The average Bonchev–Trinajstić information content (AvgIpc) is 2.93. The molecule has 0 unspecified atom stereocenters. The first-order valence-corrected chi connectivity index (χ1v) is 10.9. The number of amides is 2. The molecule has 1 N–H and O–H groups in total. The highest BCUT2D eigenvalue weighted by atomic mass is 19.1. The largest absolute Gasteiger partial charge is 0.334 e. The lowest BCUT2D eigenvalue weighted by atomic mass is 9.74. The van der Waals surface area contributed by atoms with Crippen molar-refractivity contribution in [2.24, 2.45) is 5.41 Å². The van der Waals surface area contributed by atoms with Crippen LogP contribution < -0.4 is 5.32 Å². The Balaban J connectivity index is 1.34. The second-order valence-electron chi connectivity index (χ2n) is 8.60. The van der Waals surface area contributed by atoms with E-state index in [1.807, 2.05) is 11.0 Å². The summed E-state index contributed by atoms with van der Waals surface area (Å²) >= 11 is 0. The van der Waals surface area contributed by atoms with Gasteiger partial charge in [0.15, 0.2) is 0 Å². The van der Waals surface area contributed by atoms with Gasteiger partial charge < -0.3 is 10.2 Å². The van der Waals surface area contributed by atoms with Crippen molar-refractivity contribution >= 4 is 17.5 Å². The molecule has 5 nitrogen and oxygen atoms in total. The fourth-order valence-corrected chi connectivity index (χ4v) is 4.46. The third-order valence-corrected chi connectivity index (χ3v) is 6.34. The summed E-state index contributed by atoms with van der Waals surface area (Å²) < 4.78 is 26.2. The summed E-state index contributed by atoms with van der Waals surface area (Å²) in [6.07, 6.45) is 6.17. The van der Waals surface area contributed by atoms with E-state index in [1.54, 1.807) is 12.1 Å². The number of hydrogen-bond acceptors (Lipinski definition) is 3. The van der Waals surface area contributed by atoms with E-state index in [-0.39, 0.29) is 30.0 Å². The summed E-state index contributed by atoms with van der Waals surface area (Å²) in [5.41, 5.74) is 1.00. The Morgan fingerprint density at radius 3 is 2.22 bits per heavy atom. The number of halogens is 2. The molecule has 2 aromatic carbocycles. The van der Waals surface area contributed by atoms with Gasteiger partial charge in [-0.05, 0) is 74.3 Å². The molecule has 2 amide bonds. The first-order valence-electron chi connectivity index (χ1n) is 10.9. The summed E-state index contributed by atoms with van der Waals surface area (Å²) in [6, 6.07) is 11.9. The first kappa shape index (κ1) is 22.1. The maximum Gasteiger partial charge on any atom is 0.238 e. The molecular formula is C25H27F2N3O2. The van der Waals surface area contributed by atoms with Crippen LogP contribution in [0.2, 0.25) is 0 Å². The summed E-state index contributed by atoms with van der Waals surface area (Å²) in [6.45, 7) is 2.54. The number of carbonyl (C=O) groups excluding carboxylic acids is 2. The quantitative estimate of drug-likeness (QED) is 0.718. The normalized spacial score (nSPS) is 18.6. The minimum absolute atomic E-state index is 0.127. The van der Waals surface area contributed by atoms with Gasteiger partial charge in [-0.15, -0.1) is 0 Å². The molecule has 168 valence electrons. The molecule has 0 atom stereocenters. The number of benzene rings is 2. The van der Waals surface area contributed by atoms with Gasteiger partial charge in [0.2, 0.25) is 11.8 Å². The van der Waals surface area contributed by atoms with Gasteiger partial charge in [-0.25, -0.2) is 8.78 Å². The molecule has 2 aliphatic rings. The van der Waals surface area contributed by atoms with Crippen LogP contribution in [0.25, 0.3) is 0 Å². The zero-order valence-electron chi connectivity index (χ0n) is 17.9. The zero-order chi connectivity index (χ0) is 22.6. The van der Waals surface area contributed by atoms with Crippen LogP contribution in [0.15, 0.2) is 60.7 Å². The SMILES string of the molecule is O=C(CN1CCC2(CC=CCN(Cc3ccc(F)cc3)C2=O)CC1)Nc1ccc(F)cc1. The lowest BCUT2D eigenvalue weighted by molar-refractivity contribution is -0.144. The molecule has 7 heteroatoms. The summed E-state index contributed by atoms with van der Waals surface area (Å²) in [5.74, 6) is -0.664. The molecule has 0 radical (unpaired) electrons. The fraction of sp³-hybridized carbons (Fsp3) is 0.360. The van der Waals surface area contributed by atoms with Gasteiger partial charge >= 0.3 is 0 Å². The third kappa shape index (κ3) is 5.22. The third-order valence-electron chi connectivity index (χ3n) is 6.34. The number of rotatable bonds is 5. The molecule has 0 bridgehead atoms. The topological polar surface area (TPSA) is 52.7 Å². The van der Waals surface area contributed by atoms with Crippen molar-refractivity contribution < 1.29 is 18.4 Å². The van der Waals surface area contributed by atoms with E-state index >= 15 is 0 Å². The predicted octanol–water partition coefficient (Wildman–Crippen LogP) is 3.97. The van der Waals surface area contributed by atoms with Crippen LogP contribution in [0.3, 0.4) is 0 Å². The van der Waals surface area contributed by atoms with Crippen LogP contribution in [0.4, 0.5) is 14.5 Å². The van der Waals surface area contributed by atoms with E-state index in [9.17, 15) is 18.4 Å². The molecule has 2 aromatic rings. The Kier molecular flexibility index (Phi) is 6.65. The van der Waals surface area contributed by atoms with Crippen molar-refractivity contribution in [2.45, 2.75) is 25.8 Å².